The minimum absolute atomic E-state index is 0.141. The molecule has 0 saturated carbocycles. The van der Waals surface area contributed by atoms with E-state index in [2.05, 4.69) is 33.8 Å². The molecule has 0 aromatic carbocycles. The Balaban J connectivity index is 1.94. The standard InChI is InChI=1S/C15H23N5O/c1-10(2)20-12(4)9-17-14(20)6-7-16-15(21)13-8-11(3)19(5)18-13/h8-10H,6-7H2,1-5H3,(H,16,21). The number of rotatable bonds is 5. The minimum atomic E-state index is -0.141. The first-order valence-corrected chi connectivity index (χ1v) is 7.21. The van der Waals surface area contributed by atoms with Crippen LogP contribution in [0.15, 0.2) is 12.3 Å². The second kappa shape index (κ2) is 6.11. The summed E-state index contributed by atoms with van der Waals surface area (Å²) < 4.78 is 3.89. The van der Waals surface area contributed by atoms with Gasteiger partial charge in [0.15, 0.2) is 0 Å². The SMILES string of the molecule is Cc1cc(C(=O)NCCc2ncc(C)n2C(C)C)nn1C. The van der Waals surface area contributed by atoms with Crippen molar-refractivity contribution >= 4 is 5.91 Å². The zero-order chi connectivity index (χ0) is 15.6. The van der Waals surface area contributed by atoms with Gasteiger partial charge in [-0.2, -0.15) is 5.10 Å². The highest BCUT2D eigenvalue weighted by Gasteiger charge is 2.12. The van der Waals surface area contributed by atoms with Gasteiger partial charge in [0, 0.05) is 43.6 Å². The van der Waals surface area contributed by atoms with E-state index in [1.54, 1.807) is 10.7 Å². The number of nitrogens with one attached hydrogen (secondary N) is 1. The van der Waals surface area contributed by atoms with Crippen molar-refractivity contribution in [3.05, 3.63) is 35.2 Å². The minimum Gasteiger partial charge on any atom is -0.350 e. The lowest BCUT2D eigenvalue weighted by Crippen LogP contribution is -2.27. The Labute approximate surface area is 125 Å². The van der Waals surface area contributed by atoms with E-state index in [1.165, 1.54) is 0 Å². The van der Waals surface area contributed by atoms with Crippen molar-refractivity contribution in [3.8, 4) is 0 Å². The van der Waals surface area contributed by atoms with Gasteiger partial charge in [-0.15, -0.1) is 0 Å². The fraction of sp³-hybridized carbons (Fsp3) is 0.533. The number of imidazole rings is 1. The number of hydrogen-bond donors (Lipinski definition) is 1. The van der Waals surface area contributed by atoms with Gasteiger partial charge in [-0.3, -0.25) is 9.48 Å². The lowest BCUT2D eigenvalue weighted by atomic mass is 10.3. The maximum atomic E-state index is 12.0. The van der Waals surface area contributed by atoms with Gasteiger partial charge in [0.1, 0.15) is 11.5 Å². The van der Waals surface area contributed by atoms with Crippen LogP contribution in [0.3, 0.4) is 0 Å². The van der Waals surface area contributed by atoms with E-state index < -0.39 is 0 Å². The van der Waals surface area contributed by atoms with Crippen LogP contribution in [0.2, 0.25) is 0 Å². The number of hydrogen-bond acceptors (Lipinski definition) is 3. The van der Waals surface area contributed by atoms with E-state index in [-0.39, 0.29) is 5.91 Å². The zero-order valence-electron chi connectivity index (χ0n) is 13.3. The fourth-order valence-corrected chi connectivity index (χ4v) is 2.44. The van der Waals surface area contributed by atoms with E-state index in [9.17, 15) is 4.79 Å². The number of aromatic nitrogens is 4. The Hall–Kier alpha value is -2.11. The maximum absolute atomic E-state index is 12.0. The lowest BCUT2D eigenvalue weighted by Gasteiger charge is -2.14. The average Bonchev–Trinajstić information content (AvgIpc) is 2.93. The molecule has 0 aliphatic heterocycles. The summed E-state index contributed by atoms with van der Waals surface area (Å²) in [4.78, 5) is 16.4. The van der Waals surface area contributed by atoms with Crippen molar-refractivity contribution in [3.63, 3.8) is 0 Å². The molecule has 0 aliphatic carbocycles. The highest BCUT2D eigenvalue weighted by molar-refractivity contribution is 5.92. The van der Waals surface area contributed by atoms with Crippen molar-refractivity contribution in [1.29, 1.82) is 0 Å². The summed E-state index contributed by atoms with van der Waals surface area (Å²) in [6.07, 6.45) is 2.59. The molecule has 0 aliphatic rings. The van der Waals surface area contributed by atoms with Gasteiger partial charge in [0.05, 0.1) is 0 Å². The third kappa shape index (κ3) is 3.32. The summed E-state index contributed by atoms with van der Waals surface area (Å²) in [5.41, 5.74) is 2.57. The van der Waals surface area contributed by atoms with Crippen LogP contribution in [0.25, 0.3) is 0 Å². The second-order valence-corrected chi connectivity index (χ2v) is 5.58. The maximum Gasteiger partial charge on any atom is 0.271 e. The molecule has 0 radical (unpaired) electrons. The largest absolute Gasteiger partial charge is 0.350 e. The van der Waals surface area contributed by atoms with Gasteiger partial charge in [-0.25, -0.2) is 4.98 Å². The molecule has 2 aromatic rings. The monoisotopic (exact) mass is 289 g/mol. The smallest absolute Gasteiger partial charge is 0.271 e. The molecule has 21 heavy (non-hydrogen) atoms. The molecule has 0 fully saturated rings. The molecule has 2 heterocycles. The normalized spacial score (nSPS) is 11.1. The highest BCUT2D eigenvalue weighted by atomic mass is 16.1. The van der Waals surface area contributed by atoms with Crippen molar-refractivity contribution in [2.45, 2.75) is 40.2 Å². The molecule has 0 atom stereocenters. The van der Waals surface area contributed by atoms with Crippen LogP contribution in [0.1, 0.15) is 47.6 Å². The Kier molecular flexibility index (Phi) is 4.45. The number of aryl methyl sites for hydroxylation is 3. The first-order chi connectivity index (χ1) is 9.90. The molecule has 2 aromatic heterocycles. The molecule has 0 spiro atoms. The summed E-state index contributed by atoms with van der Waals surface area (Å²) in [7, 11) is 1.83. The van der Waals surface area contributed by atoms with Crippen LogP contribution < -0.4 is 5.32 Å². The summed E-state index contributed by atoms with van der Waals surface area (Å²) in [5, 5.41) is 7.06. The Morgan fingerprint density at radius 1 is 1.33 bits per heavy atom. The Morgan fingerprint density at radius 3 is 2.62 bits per heavy atom. The second-order valence-electron chi connectivity index (χ2n) is 5.58. The lowest BCUT2D eigenvalue weighted by molar-refractivity contribution is 0.0948. The van der Waals surface area contributed by atoms with E-state index in [0.717, 1.165) is 17.2 Å². The van der Waals surface area contributed by atoms with Crippen LogP contribution in [-0.2, 0) is 13.5 Å². The summed E-state index contributed by atoms with van der Waals surface area (Å²) in [6.45, 7) is 8.79. The van der Waals surface area contributed by atoms with E-state index in [4.69, 9.17) is 0 Å². The van der Waals surface area contributed by atoms with Gasteiger partial charge in [0.25, 0.3) is 5.91 Å². The molecule has 114 valence electrons. The van der Waals surface area contributed by atoms with Crippen LogP contribution in [0.4, 0.5) is 0 Å². The number of carbonyl (C=O) groups is 1. The number of carbonyl (C=O) groups excluding carboxylic acids is 1. The predicted octanol–water partition coefficient (Wildman–Crippen LogP) is 1.79. The molecular formula is C15H23N5O. The molecule has 1 N–H and O–H groups in total. The van der Waals surface area contributed by atoms with E-state index >= 15 is 0 Å². The molecule has 0 saturated heterocycles. The molecular weight excluding hydrogens is 266 g/mol. The van der Waals surface area contributed by atoms with Gasteiger partial charge in [-0.05, 0) is 33.8 Å². The first kappa shape index (κ1) is 15.3. The number of amides is 1. The van der Waals surface area contributed by atoms with Gasteiger partial charge >= 0.3 is 0 Å². The molecule has 6 heteroatoms. The summed E-state index contributed by atoms with van der Waals surface area (Å²) in [6, 6.07) is 2.16. The van der Waals surface area contributed by atoms with E-state index in [1.807, 2.05) is 27.1 Å². The Morgan fingerprint density at radius 2 is 2.05 bits per heavy atom. The molecule has 0 bridgehead atoms. The van der Waals surface area contributed by atoms with Crippen LogP contribution in [0, 0.1) is 13.8 Å². The first-order valence-electron chi connectivity index (χ1n) is 7.21. The number of nitrogens with zero attached hydrogens (tertiary/aromatic N) is 4. The Bertz CT molecular complexity index is 619. The molecule has 6 nitrogen and oxygen atoms in total. The van der Waals surface area contributed by atoms with Crippen molar-refractivity contribution < 1.29 is 4.79 Å². The summed E-state index contributed by atoms with van der Waals surface area (Å²) in [5.74, 6) is 0.859. The van der Waals surface area contributed by atoms with Gasteiger partial charge in [-0.1, -0.05) is 0 Å². The van der Waals surface area contributed by atoms with Crippen molar-refractivity contribution in [2.24, 2.45) is 7.05 Å². The van der Waals surface area contributed by atoms with Crippen molar-refractivity contribution in [1.82, 2.24) is 24.6 Å². The topological polar surface area (TPSA) is 64.7 Å². The predicted molar refractivity (Wildman–Crippen MR) is 81.3 cm³/mol. The third-order valence-electron chi connectivity index (χ3n) is 3.56. The average molecular weight is 289 g/mol. The molecule has 0 unspecified atom stereocenters. The van der Waals surface area contributed by atoms with Crippen LogP contribution in [0.5, 0.6) is 0 Å². The van der Waals surface area contributed by atoms with Crippen LogP contribution >= 0.6 is 0 Å². The van der Waals surface area contributed by atoms with Gasteiger partial charge in [0.2, 0.25) is 0 Å². The van der Waals surface area contributed by atoms with Crippen LogP contribution in [-0.4, -0.2) is 31.8 Å². The fourth-order valence-electron chi connectivity index (χ4n) is 2.44. The molecule has 1 amide bonds. The summed E-state index contributed by atoms with van der Waals surface area (Å²) >= 11 is 0. The van der Waals surface area contributed by atoms with Gasteiger partial charge < -0.3 is 9.88 Å². The van der Waals surface area contributed by atoms with E-state index in [0.29, 0.717) is 24.7 Å². The quantitative estimate of drug-likeness (QED) is 0.912. The highest BCUT2D eigenvalue weighted by Crippen LogP contribution is 2.13. The molecule has 2 rings (SSSR count). The zero-order valence-corrected chi connectivity index (χ0v) is 13.3. The van der Waals surface area contributed by atoms with Crippen molar-refractivity contribution in [2.75, 3.05) is 6.54 Å². The third-order valence-corrected chi connectivity index (χ3v) is 3.56.